The van der Waals surface area contributed by atoms with Crippen molar-refractivity contribution in [3.63, 3.8) is 0 Å². The van der Waals surface area contributed by atoms with Crippen LogP contribution in [0.15, 0.2) is 46.8 Å². The maximum atomic E-state index is 12.4. The van der Waals surface area contributed by atoms with E-state index in [9.17, 15) is 4.79 Å². The average molecular weight is 529 g/mol. The van der Waals surface area contributed by atoms with E-state index < -0.39 is 0 Å². The number of thiophene rings is 1. The quantitative estimate of drug-likeness (QED) is 0.289. The SMILES string of the molecule is CCN(CC)C(=O)c1ccc(CNC(=NC)NCC(C)Cc2cccs2)cc1.I. The van der Waals surface area contributed by atoms with Crippen molar-refractivity contribution in [2.45, 2.75) is 33.7 Å². The largest absolute Gasteiger partial charge is 0.356 e. The second kappa shape index (κ2) is 13.6. The lowest BCUT2D eigenvalue weighted by Crippen LogP contribution is -2.39. The molecule has 1 unspecified atom stereocenters. The van der Waals surface area contributed by atoms with E-state index in [1.807, 2.05) is 43.0 Å². The van der Waals surface area contributed by atoms with Gasteiger partial charge in [0.15, 0.2) is 5.96 Å². The first-order chi connectivity index (χ1) is 13.6. The van der Waals surface area contributed by atoms with Crippen LogP contribution in [0.5, 0.6) is 0 Å². The number of amides is 1. The van der Waals surface area contributed by atoms with Crippen molar-refractivity contribution in [2.24, 2.45) is 10.9 Å². The molecular formula is C22H33IN4OS. The minimum atomic E-state index is 0. The number of aliphatic imine (C=N–C) groups is 1. The van der Waals surface area contributed by atoms with E-state index >= 15 is 0 Å². The summed E-state index contributed by atoms with van der Waals surface area (Å²) in [6, 6.07) is 12.1. The van der Waals surface area contributed by atoms with Crippen LogP contribution >= 0.6 is 35.3 Å². The fourth-order valence-electron chi connectivity index (χ4n) is 2.98. The third-order valence-electron chi connectivity index (χ3n) is 4.68. The van der Waals surface area contributed by atoms with Crippen molar-refractivity contribution in [1.82, 2.24) is 15.5 Å². The fraction of sp³-hybridized carbons (Fsp3) is 0.455. The summed E-state index contributed by atoms with van der Waals surface area (Å²) in [5.41, 5.74) is 1.85. The first-order valence-corrected chi connectivity index (χ1v) is 10.8. The third-order valence-corrected chi connectivity index (χ3v) is 5.58. The van der Waals surface area contributed by atoms with E-state index in [-0.39, 0.29) is 29.9 Å². The van der Waals surface area contributed by atoms with E-state index in [2.05, 4.69) is 40.1 Å². The minimum absolute atomic E-state index is 0. The Labute approximate surface area is 196 Å². The van der Waals surface area contributed by atoms with Gasteiger partial charge in [-0.25, -0.2) is 0 Å². The number of guanidine groups is 1. The van der Waals surface area contributed by atoms with E-state index in [0.717, 1.165) is 43.1 Å². The monoisotopic (exact) mass is 528 g/mol. The van der Waals surface area contributed by atoms with Crippen LogP contribution in [-0.2, 0) is 13.0 Å². The summed E-state index contributed by atoms with van der Waals surface area (Å²) in [6.07, 6.45) is 1.07. The predicted octanol–water partition coefficient (Wildman–Crippen LogP) is 4.39. The van der Waals surface area contributed by atoms with Crippen LogP contribution in [0.1, 0.15) is 41.6 Å². The van der Waals surface area contributed by atoms with Crippen molar-refractivity contribution in [3.8, 4) is 0 Å². The molecule has 5 nitrogen and oxygen atoms in total. The fourth-order valence-corrected chi connectivity index (χ4v) is 3.85. The first kappa shape index (κ1) is 25.4. The molecule has 2 rings (SSSR count). The van der Waals surface area contributed by atoms with Gasteiger partial charge in [-0.1, -0.05) is 25.1 Å². The van der Waals surface area contributed by atoms with Crippen molar-refractivity contribution in [1.29, 1.82) is 0 Å². The highest BCUT2D eigenvalue weighted by atomic mass is 127. The van der Waals surface area contributed by atoms with E-state index in [1.54, 1.807) is 18.4 Å². The van der Waals surface area contributed by atoms with Crippen molar-refractivity contribution < 1.29 is 4.79 Å². The van der Waals surface area contributed by atoms with Crippen LogP contribution in [0.2, 0.25) is 0 Å². The number of nitrogens with zero attached hydrogens (tertiary/aromatic N) is 2. The van der Waals surface area contributed by atoms with Crippen LogP contribution < -0.4 is 10.6 Å². The molecule has 7 heteroatoms. The van der Waals surface area contributed by atoms with Crippen LogP contribution in [0.3, 0.4) is 0 Å². The van der Waals surface area contributed by atoms with E-state index in [1.165, 1.54) is 4.88 Å². The van der Waals surface area contributed by atoms with E-state index in [4.69, 9.17) is 0 Å². The average Bonchev–Trinajstić information content (AvgIpc) is 3.22. The third kappa shape index (κ3) is 8.34. The number of hydrogen-bond donors (Lipinski definition) is 2. The normalized spacial score (nSPS) is 12.1. The predicted molar refractivity (Wildman–Crippen MR) is 134 cm³/mol. The summed E-state index contributed by atoms with van der Waals surface area (Å²) < 4.78 is 0. The highest BCUT2D eigenvalue weighted by molar-refractivity contribution is 14.0. The Balaban J connectivity index is 0.00000420. The summed E-state index contributed by atoms with van der Waals surface area (Å²) in [5, 5.41) is 8.86. The number of halogens is 1. The topological polar surface area (TPSA) is 56.7 Å². The Bertz CT molecular complexity index is 743. The van der Waals surface area contributed by atoms with Gasteiger partial charge in [0.1, 0.15) is 0 Å². The Kier molecular flexibility index (Phi) is 11.9. The molecule has 0 bridgehead atoms. The van der Waals surface area contributed by atoms with Gasteiger partial charge in [0.2, 0.25) is 0 Å². The summed E-state index contributed by atoms with van der Waals surface area (Å²) in [4.78, 5) is 19.9. The molecule has 160 valence electrons. The number of benzene rings is 1. The van der Waals surface area contributed by atoms with Gasteiger partial charge < -0.3 is 15.5 Å². The minimum Gasteiger partial charge on any atom is -0.356 e. The first-order valence-electron chi connectivity index (χ1n) is 9.92. The lowest BCUT2D eigenvalue weighted by molar-refractivity contribution is 0.0773. The molecular weight excluding hydrogens is 495 g/mol. The molecule has 1 amide bonds. The molecule has 0 radical (unpaired) electrons. The van der Waals surface area contributed by atoms with Crippen molar-refractivity contribution >= 4 is 47.2 Å². The molecule has 2 N–H and O–H groups in total. The Hall–Kier alpha value is -1.61. The van der Waals surface area contributed by atoms with Crippen LogP contribution in [0.25, 0.3) is 0 Å². The Morgan fingerprint density at radius 2 is 1.83 bits per heavy atom. The number of hydrogen-bond acceptors (Lipinski definition) is 3. The molecule has 2 aromatic rings. The molecule has 0 fully saturated rings. The lowest BCUT2D eigenvalue weighted by atomic mass is 10.1. The number of nitrogens with one attached hydrogen (secondary N) is 2. The van der Waals surface area contributed by atoms with Gasteiger partial charge in [-0.3, -0.25) is 9.79 Å². The van der Waals surface area contributed by atoms with Gasteiger partial charge in [-0.05, 0) is 55.3 Å². The summed E-state index contributed by atoms with van der Waals surface area (Å²) >= 11 is 1.81. The standard InChI is InChI=1S/C22H32N4OS.HI/c1-5-26(6-2)21(27)19-11-9-18(10-12-19)16-25-22(23-4)24-15-17(3)14-20-8-7-13-28-20;/h7-13,17H,5-6,14-16H2,1-4H3,(H2,23,24,25);1H. The molecule has 0 saturated carbocycles. The second-order valence-corrected chi connectivity index (χ2v) is 7.90. The van der Waals surface area contributed by atoms with E-state index in [0.29, 0.717) is 12.5 Å². The van der Waals surface area contributed by atoms with Gasteiger partial charge in [0.25, 0.3) is 5.91 Å². The second-order valence-electron chi connectivity index (χ2n) is 6.87. The zero-order valence-corrected chi connectivity index (χ0v) is 20.9. The number of carbonyl (C=O) groups excluding carboxylic acids is 1. The zero-order valence-electron chi connectivity index (χ0n) is 17.8. The Morgan fingerprint density at radius 1 is 1.14 bits per heavy atom. The Morgan fingerprint density at radius 3 is 2.38 bits per heavy atom. The maximum absolute atomic E-state index is 12.4. The molecule has 0 aliphatic carbocycles. The van der Waals surface area contributed by atoms with Gasteiger partial charge in [-0.15, -0.1) is 35.3 Å². The molecule has 0 saturated heterocycles. The summed E-state index contributed by atoms with van der Waals surface area (Å²) in [7, 11) is 1.78. The zero-order chi connectivity index (χ0) is 20.4. The highest BCUT2D eigenvalue weighted by Crippen LogP contribution is 2.13. The molecule has 29 heavy (non-hydrogen) atoms. The maximum Gasteiger partial charge on any atom is 0.253 e. The lowest BCUT2D eigenvalue weighted by Gasteiger charge is -2.19. The van der Waals surface area contributed by atoms with Crippen LogP contribution in [0, 0.1) is 5.92 Å². The molecule has 1 heterocycles. The smallest absolute Gasteiger partial charge is 0.253 e. The summed E-state index contributed by atoms with van der Waals surface area (Å²) in [5.74, 6) is 1.41. The molecule has 1 atom stereocenters. The molecule has 0 spiro atoms. The molecule has 1 aromatic carbocycles. The van der Waals surface area contributed by atoms with Crippen LogP contribution in [-0.4, -0.2) is 43.4 Å². The molecule has 0 aliphatic rings. The molecule has 1 aromatic heterocycles. The van der Waals surface area contributed by atoms with Crippen LogP contribution in [0.4, 0.5) is 0 Å². The number of rotatable bonds is 9. The van der Waals surface area contributed by atoms with Crippen molar-refractivity contribution in [2.75, 3.05) is 26.7 Å². The summed E-state index contributed by atoms with van der Waals surface area (Å²) in [6.45, 7) is 9.23. The van der Waals surface area contributed by atoms with Crippen molar-refractivity contribution in [3.05, 3.63) is 57.8 Å². The van der Waals surface area contributed by atoms with Gasteiger partial charge in [-0.2, -0.15) is 0 Å². The van der Waals surface area contributed by atoms with Gasteiger partial charge >= 0.3 is 0 Å². The molecule has 0 aliphatic heterocycles. The number of carbonyl (C=O) groups is 1. The van der Waals surface area contributed by atoms with Gasteiger partial charge in [0, 0.05) is 43.7 Å². The highest BCUT2D eigenvalue weighted by Gasteiger charge is 2.12. The van der Waals surface area contributed by atoms with Gasteiger partial charge in [0.05, 0.1) is 0 Å².